The summed E-state index contributed by atoms with van der Waals surface area (Å²) < 4.78 is 2.12. The zero-order chi connectivity index (χ0) is 15.1. The average molecular weight is 343 g/mol. The van der Waals surface area contributed by atoms with Gasteiger partial charge >= 0.3 is 0 Å². The number of imidazole rings is 1. The van der Waals surface area contributed by atoms with Gasteiger partial charge in [-0.3, -0.25) is 0 Å². The van der Waals surface area contributed by atoms with Gasteiger partial charge in [0.1, 0.15) is 0 Å². The zero-order valence-electron chi connectivity index (χ0n) is 12.1. The molecule has 0 amide bonds. The molecule has 0 spiro atoms. The molecule has 2 nitrogen and oxygen atoms in total. The first-order valence-corrected chi connectivity index (χ1v) is 9.03. The number of benzene rings is 1. The van der Waals surface area contributed by atoms with E-state index in [1.807, 2.05) is 42.6 Å². The van der Waals surface area contributed by atoms with Gasteiger partial charge in [0.15, 0.2) is 0 Å². The Morgan fingerprint density at radius 2 is 2.19 bits per heavy atom. The number of hydrogen-bond acceptors (Lipinski definition) is 2. The molecule has 2 rings (SSSR count). The molecule has 0 fully saturated rings. The van der Waals surface area contributed by atoms with E-state index in [1.165, 1.54) is 12.0 Å². The van der Waals surface area contributed by atoms with E-state index in [1.54, 1.807) is 0 Å². The molecule has 2 aromatic rings. The van der Waals surface area contributed by atoms with Crippen molar-refractivity contribution < 1.29 is 0 Å². The quantitative estimate of drug-likeness (QED) is 0.598. The van der Waals surface area contributed by atoms with E-state index in [0.29, 0.717) is 10.3 Å². The molecule has 1 heterocycles. The minimum absolute atomic E-state index is 0.429. The van der Waals surface area contributed by atoms with Crippen molar-refractivity contribution in [3.05, 3.63) is 52.5 Å². The molecule has 0 saturated carbocycles. The summed E-state index contributed by atoms with van der Waals surface area (Å²) in [6.07, 6.45) is 9.07. The average Bonchev–Trinajstić information content (AvgIpc) is 2.96. The van der Waals surface area contributed by atoms with Crippen molar-refractivity contribution in [1.29, 1.82) is 0 Å². The Labute approximate surface area is 140 Å². The van der Waals surface area contributed by atoms with Gasteiger partial charge in [-0.25, -0.2) is 4.98 Å². The third kappa shape index (κ3) is 5.24. The summed E-state index contributed by atoms with van der Waals surface area (Å²) in [4.78, 5) is 4.07. The van der Waals surface area contributed by atoms with Crippen LogP contribution in [0.2, 0.25) is 10.0 Å². The first-order chi connectivity index (χ1) is 10.2. The number of hydrogen-bond donors (Lipinski definition) is 0. The van der Waals surface area contributed by atoms with Crippen LogP contribution in [-0.4, -0.2) is 15.3 Å². The van der Waals surface area contributed by atoms with Crippen LogP contribution in [0.3, 0.4) is 0 Å². The first-order valence-electron chi connectivity index (χ1n) is 7.23. The van der Waals surface area contributed by atoms with Gasteiger partial charge in [0.05, 0.1) is 6.33 Å². The standard InChI is InChI=1S/C16H20Cl2N2S/c1-2-10-21-16(4-3-8-20-9-7-19-12-20)14-6-5-13(17)11-15(14)18/h5-7,9,11-12,16H,2-4,8,10H2,1H3. The fourth-order valence-corrected chi connectivity index (χ4v) is 4.07. The van der Waals surface area contributed by atoms with Crippen LogP contribution < -0.4 is 0 Å². The van der Waals surface area contributed by atoms with Gasteiger partial charge in [0.2, 0.25) is 0 Å². The van der Waals surface area contributed by atoms with Gasteiger partial charge in [-0.15, -0.1) is 0 Å². The predicted octanol–water partition coefficient (Wildman–Crippen LogP) is 5.85. The van der Waals surface area contributed by atoms with E-state index in [2.05, 4.69) is 22.5 Å². The van der Waals surface area contributed by atoms with Gasteiger partial charge in [-0.2, -0.15) is 11.8 Å². The van der Waals surface area contributed by atoms with E-state index in [0.717, 1.165) is 30.2 Å². The van der Waals surface area contributed by atoms with Gasteiger partial charge in [-0.05, 0) is 42.7 Å². The molecule has 0 N–H and O–H groups in total. The first kappa shape index (κ1) is 16.7. The van der Waals surface area contributed by atoms with E-state index >= 15 is 0 Å². The highest BCUT2D eigenvalue weighted by atomic mass is 35.5. The van der Waals surface area contributed by atoms with Gasteiger partial charge < -0.3 is 4.57 Å². The van der Waals surface area contributed by atoms with Crippen molar-refractivity contribution in [2.45, 2.75) is 38.0 Å². The molecule has 1 atom stereocenters. The van der Waals surface area contributed by atoms with Crippen molar-refractivity contribution in [2.24, 2.45) is 0 Å². The maximum absolute atomic E-state index is 6.37. The maximum atomic E-state index is 6.37. The molecular weight excluding hydrogens is 323 g/mol. The van der Waals surface area contributed by atoms with Crippen LogP contribution in [0.1, 0.15) is 37.0 Å². The summed E-state index contributed by atoms with van der Waals surface area (Å²) in [5.74, 6) is 1.15. The van der Waals surface area contributed by atoms with Crippen molar-refractivity contribution in [2.75, 3.05) is 5.75 Å². The lowest BCUT2D eigenvalue weighted by atomic mass is 10.1. The lowest BCUT2D eigenvalue weighted by Gasteiger charge is -2.18. The molecule has 21 heavy (non-hydrogen) atoms. The molecule has 0 aliphatic heterocycles. The minimum Gasteiger partial charge on any atom is -0.337 e. The molecule has 1 unspecified atom stereocenters. The van der Waals surface area contributed by atoms with Crippen LogP contribution >= 0.6 is 35.0 Å². The normalized spacial score (nSPS) is 12.5. The van der Waals surface area contributed by atoms with Gasteiger partial charge in [-0.1, -0.05) is 36.2 Å². The Bertz CT molecular complexity index is 543. The monoisotopic (exact) mass is 342 g/mol. The van der Waals surface area contributed by atoms with Crippen molar-refractivity contribution in [1.82, 2.24) is 9.55 Å². The zero-order valence-corrected chi connectivity index (χ0v) is 14.5. The SMILES string of the molecule is CCCSC(CCCn1ccnc1)c1ccc(Cl)cc1Cl. The topological polar surface area (TPSA) is 17.8 Å². The summed E-state index contributed by atoms with van der Waals surface area (Å²) in [7, 11) is 0. The third-order valence-electron chi connectivity index (χ3n) is 3.27. The molecule has 0 aliphatic carbocycles. The number of aryl methyl sites for hydroxylation is 1. The number of rotatable bonds is 8. The molecular formula is C16H20Cl2N2S. The maximum Gasteiger partial charge on any atom is 0.0945 e. The van der Waals surface area contributed by atoms with E-state index in [-0.39, 0.29) is 0 Å². The highest BCUT2D eigenvalue weighted by Gasteiger charge is 2.15. The second-order valence-electron chi connectivity index (χ2n) is 4.97. The number of halogens is 2. The number of nitrogens with zero attached hydrogens (tertiary/aromatic N) is 2. The Kier molecular flexibility index (Phi) is 6.94. The lowest BCUT2D eigenvalue weighted by molar-refractivity contribution is 0.604. The minimum atomic E-state index is 0.429. The summed E-state index contributed by atoms with van der Waals surface area (Å²) in [5.41, 5.74) is 1.20. The molecule has 1 aromatic carbocycles. The second kappa shape index (κ2) is 8.72. The molecule has 0 saturated heterocycles. The van der Waals surface area contributed by atoms with Crippen LogP contribution in [-0.2, 0) is 6.54 Å². The highest BCUT2D eigenvalue weighted by molar-refractivity contribution is 7.99. The fourth-order valence-electron chi connectivity index (χ4n) is 2.23. The third-order valence-corrected chi connectivity index (χ3v) is 5.37. The predicted molar refractivity (Wildman–Crippen MR) is 93.4 cm³/mol. The lowest BCUT2D eigenvalue weighted by Crippen LogP contribution is -2.01. The highest BCUT2D eigenvalue weighted by Crippen LogP contribution is 2.38. The summed E-state index contributed by atoms with van der Waals surface area (Å²) in [5, 5.41) is 1.90. The van der Waals surface area contributed by atoms with Crippen molar-refractivity contribution in [3.63, 3.8) is 0 Å². The Hall–Kier alpha value is -0.640. The Morgan fingerprint density at radius 3 is 2.86 bits per heavy atom. The summed E-state index contributed by atoms with van der Waals surface area (Å²) in [6.45, 7) is 3.20. The van der Waals surface area contributed by atoms with Crippen LogP contribution in [0.4, 0.5) is 0 Å². The molecule has 0 aliphatic rings. The molecule has 114 valence electrons. The van der Waals surface area contributed by atoms with Crippen LogP contribution in [0.5, 0.6) is 0 Å². The van der Waals surface area contributed by atoms with E-state index in [9.17, 15) is 0 Å². The van der Waals surface area contributed by atoms with Crippen LogP contribution in [0.15, 0.2) is 36.9 Å². The molecule has 1 aromatic heterocycles. The second-order valence-corrected chi connectivity index (χ2v) is 7.12. The molecule has 0 radical (unpaired) electrons. The van der Waals surface area contributed by atoms with Crippen molar-refractivity contribution in [3.8, 4) is 0 Å². The van der Waals surface area contributed by atoms with Gasteiger partial charge in [0, 0.05) is 34.2 Å². The van der Waals surface area contributed by atoms with E-state index < -0.39 is 0 Å². The summed E-state index contributed by atoms with van der Waals surface area (Å²) in [6, 6.07) is 5.83. The Balaban J connectivity index is 1.99. The fraction of sp³-hybridized carbons (Fsp3) is 0.438. The van der Waals surface area contributed by atoms with Crippen LogP contribution in [0, 0.1) is 0 Å². The molecule has 5 heteroatoms. The largest absolute Gasteiger partial charge is 0.337 e. The number of aromatic nitrogens is 2. The van der Waals surface area contributed by atoms with Crippen molar-refractivity contribution >= 4 is 35.0 Å². The van der Waals surface area contributed by atoms with Gasteiger partial charge in [0.25, 0.3) is 0 Å². The smallest absolute Gasteiger partial charge is 0.0945 e. The summed E-state index contributed by atoms with van der Waals surface area (Å²) >= 11 is 14.3. The molecule has 0 bridgehead atoms. The Morgan fingerprint density at radius 1 is 1.33 bits per heavy atom. The van der Waals surface area contributed by atoms with E-state index in [4.69, 9.17) is 23.2 Å². The van der Waals surface area contributed by atoms with Crippen LogP contribution in [0.25, 0.3) is 0 Å². The number of thioether (sulfide) groups is 1.